The van der Waals surface area contributed by atoms with Gasteiger partial charge in [-0.05, 0) is 29.8 Å². The Bertz CT molecular complexity index is 925. The van der Waals surface area contributed by atoms with E-state index in [1.807, 2.05) is 0 Å². The highest BCUT2D eigenvalue weighted by Crippen LogP contribution is 2.37. The molecule has 4 rings (SSSR count). The summed E-state index contributed by atoms with van der Waals surface area (Å²) >= 11 is 0. The van der Waals surface area contributed by atoms with E-state index in [2.05, 4.69) is 0 Å². The van der Waals surface area contributed by atoms with Crippen molar-refractivity contribution < 1.29 is 44.5 Å². The number of carbonyl (C=O) groups is 1. The van der Waals surface area contributed by atoms with Crippen LogP contribution in [0.3, 0.4) is 0 Å². The fourth-order valence-corrected chi connectivity index (χ4v) is 3.52. The van der Waals surface area contributed by atoms with Crippen LogP contribution >= 0.6 is 0 Å². The van der Waals surface area contributed by atoms with Gasteiger partial charge in [0.05, 0.1) is 24.7 Å². The highest BCUT2D eigenvalue weighted by atomic mass is 16.7. The van der Waals surface area contributed by atoms with E-state index in [0.717, 1.165) is 0 Å². The van der Waals surface area contributed by atoms with E-state index in [9.17, 15) is 30.3 Å². The molecule has 0 bridgehead atoms. The molecule has 0 spiro atoms. The van der Waals surface area contributed by atoms with Crippen molar-refractivity contribution in [1.29, 1.82) is 0 Å². The van der Waals surface area contributed by atoms with Crippen LogP contribution < -0.4 is 9.47 Å². The Hall–Kier alpha value is -2.69. The molecule has 160 valence electrons. The lowest BCUT2D eigenvalue weighted by atomic mass is 9.96. The summed E-state index contributed by atoms with van der Waals surface area (Å²) in [5, 5.41) is 48.9. The number of carbonyl (C=O) groups excluding carboxylic acids is 1. The molecular weight excluding hydrogens is 396 g/mol. The van der Waals surface area contributed by atoms with Gasteiger partial charge in [0.2, 0.25) is 0 Å². The number of aliphatic hydroxyl groups is 4. The van der Waals surface area contributed by atoms with E-state index in [4.69, 9.17) is 14.2 Å². The number of Topliss-reactive ketones (excluding diaryl/α,β-unsaturated/α-hetero) is 1. The maximum Gasteiger partial charge on any atom is 0.257 e. The van der Waals surface area contributed by atoms with Gasteiger partial charge in [0.1, 0.15) is 29.5 Å². The fraction of sp³-hybridized carbons (Fsp3) is 0.381. The van der Waals surface area contributed by atoms with Crippen molar-refractivity contribution in [3.05, 3.63) is 53.6 Å². The summed E-state index contributed by atoms with van der Waals surface area (Å²) in [6, 6.07) is 10.7. The maximum absolute atomic E-state index is 12.4. The maximum atomic E-state index is 12.4. The summed E-state index contributed by atoms with van der Waals surface area (Å²) in [7, 11) is 0. The number of hydrogen-bond acceptors (Lipinski definition) is 9. The molecule has 0 amide bonds. The van der Waals surface area contributed by atoms with E-state index in [1.54, 1.807) is 12.1 Å². The van der Waals surface area contributed by atoms with Crippen LogP contribution in [0.5, 0.6) is 17.2 Å². The topological polar surface area (TPSA) is 146 Å². The normalized spacial score (nSPS) is 27.8. The van der Waals surface area contributed by atoms with E-state index < -0.39 is 37.0 Å². The van der Waals surface area contributed by atoms with Gasteiger partial charge < -0.3 is 39.7 Å². The van der Waals surface area contributed by atoms with Gasteiger partial charge in [0.15, 0.2) is 5.78 Å². The van der Waals surface area contributed by atoms with Gasteiger partial charge in [0, 0.05) is 12.5 Å². The summed E-state index contributed by atoms with van der Waals surface area (Å²) in [5.74, 6) is -2.22. The van der Waals surface area contributed by atoms with Crippen LogP contribution in [0.15, 0.2) is 42.5 Å². The minimum absolute atomic E-state index is 0.00158. The van der Waals surface area contributed by atoms with Crippen molar-refractivity contribution >= 4 is 5.78 Å². The first-order valence-electron chi connectivity index (χ1n) is 9.46. The quantitative estimate of drug-likeness (QED) is 0.451. The minimum Gasteiger partial charge on any atom is -0.508 e. The van der Waals surface area contributed by atoms with Crippen LogP contribution in [0.1, 0.15) is 34.9 Å². The minimum atomic E-state index is -2.64. The Morgan fingerprint density at radius 1 is 1.13 bits per heavy atom. The molecule has 9 heteroatoms. The van der Waals surface area contributed by atoms with Crippen LogP contribution in [0.4, 0.5) is 0 Å². The molecule has 1 unspecified atom stereocenters. The first-order valence-corrected chi connectivity index (χ1v) is 9.46. The molecular formula is C21H22O9. The standard InChI is InChI=1S/C21H22O9/c22-10-14-8-19(25)21(26,27)20(29-14)28-13-4-1-11(2-5-13)17-9-16(24)15-6-3-12(23)7-18(15)30-17/h1-7,14,17,19-20,22-23,25-27H,8-10H2/t14-,17?,19+,20-/m1/s1. The average molecular weight is 418 g/mol. The van der Waals surface area contributed by atoms with Crippen molar-refractivity contribution in [3.63, 3.8) is 0 Å². The predicted molar refractivity (Wildman–Crippen MR) is 101 cm³/mol. The van der Waals surface area contributed by atoms with Gasteiger partial charge in [-0.2, -0.15) is 0 Å². The molecule has 2 aliphatic heterocycles. The summed E-state index contributed by atoms with van der Waals surface area (Å²) < 4.78 is 16.6. The summed E-state index contributed by atoms with van der Waals surface area (Å²) in [4.78, 5) is 12.4. The van der Waals surface area contributed by atoms with E-state index in [-0.39, 0.29) is 30.1 Å². The molecule has 2 aliphatic rings. The van der Waals surface area contributed by atoms with Gasteiger partial charge >= 0.3 is 0 Å². The largest absolute Gasteiger partial charge is 0.508 e. The van der Waals surface area contributed by atoms with Crippen LogP contribution in [-0.4, -0.2) is 62.2 Å². The molecule has 0 aliphatic carbocycles. The van der Waals surface area contributed by atoms with Crippen molar-refractivity contribution in [1.82, 2.24) is 0 Å². The van der Waals surface area contributed by atoms with Crippen LogP contribution in [-0.2, 0) is 4.74 Å². The summed E-state index contributed by atoms with van der Waals surface area (Å²) in [6.07, 6.45) is -4.52. The smallest absolute Gasteiger partial charge is 0.257 e. The van der Waals surface area contributed by atoms with Crippen LogP contribution in [0.25, 0.3) is 0 Å². The number of phenols is 1. The highest BCUT2D eigenvalue weighted by Gasteiger charge is 2.50. The molecule has 1 saturated heterocycles. The molecule has 30 heavy (non-hydrogen) atoms. The van der Waals surface area contributed by atoms with Gasteiger partial charge in [0.25, 0.3) is 12.1 Å². The number of ether oxygens (including phenoxy) is 3. The molecule has 0 radical (unpaired) electrons. The van der Waals surface area contributed by atoms with Gasteiger partial charge in [-0.15, -0.1) is 0 Å². The van der Waals surface area contributed by atoms with Crippen molar-refractivity contribution in [3.8, 4) is 17.2 Å². The summed E-state index contributed by atoms with van der Waals surface area (Å²) in [6.45, 7) is -0.407. The van der Waals surface area contributed by atoms with Gasteiger partial charge in [-0.25, -0.2) is 0 Å². The Kier molecular flexibility index (Phi) is 5.39. The third-order valence-corrected chi connectivity index (χ3v) is 5.24. The number of rotatable bonds is 4. The molecule has 0 aromatic heterocycles. The second kappa shape index (κ2) is 7.86. The second-order valence-electron chi connectivity index (χ2n) is 7.41. The third kappa shape index (κ3) is 3.85. The monoisotopic (exact) mass is 418 g/mol. The van der Waals surface area contributed by atoms with Gasteiger partial charge in [-0.1, -0.05) is 12.1 Å². The van der Waals surface area contributed by atoms with Crippen LogP contribution in [0, 0.1) is 0 Å². The molecule has 9 nitrogen and oxygen atoms in total. The first-order chi connectivity index (χ1) is 14.3. The fourth-order valence-electron chi connectivity index (χ4n) is 3.52. The lowest BCUT2D eigenvalue weighted by molar-refractivity contribution is -0.367. The average Bonchev–Trinajstić information content (AvgIpc) is 2.71. The first kappa shape index (κ1) is 20.6. The highest BCUT2D eigenvalue weighted by molar-refractivity contribution is 6.00. The second-order valence-corrected chi connectivity index (χ2v) is 7.41. The number of aromatic hydroxyl groups is 1. The number of hydrogen-bond donors (Lipinski definition) is 5. The molecule has 2 aromatic rings. The number of phenolic OH excluding ortho intramolecular Hbond substituents is 1. The lowest BCUT2D eigenvalue weighted by Crippen LogP contribution is -2.61. The Morgan fingerprint density at radius 3 is 2.57 bits per heavy atom. The van der Waals surface area contributed by atoms with Crippen LogP contribution in [0.2, 0.25) is 0 Å². The molecule has 4 atom stereocenters. The van der Waals surface area contributed by atoms with Crippen molar-refractivity contribution in [2.45, 2.75) is 43.2 Å². The van der Waals surface area contributed by atoms with Crippen molar-refractivity contribution in [2.24, 2.45) is 0 Å². The number of aliphatic hydroxyl groups excluding tert-OH is 2. The van der Waals surface area contributed by atoms with E-state index in [0.29, 0.717) is 16.9 Å². The summed E-state index contributed by atoms with van der Waals surface area (Å²) in [5.41, 5.74) is 1.10. The number of benzene rings is 2. The zero-order valence-corrected chi connectivity index (χ0v) is 15.8. The lowest BCUT2D eigenvalue weighted by Gasteiger charge is -2.41. The Morgan fingerprint density at radius 2 is 1.87 bits per heavy atom. The zero-order chi connectivity index (χ0) is 21.5. The number of ketones is 1. The molecule has 2 heterocycles. The SMILES string of the molecule is O=C1CC(c2ccc(O[C@@H]3O[C@@H](CO)C[C@H](O)C3(O)O)cc2)Oc2cc(O)ccc21. The molecule has 5 N–H and O–H groups in total. The van der Waals surface area contributed by atoms with E-state index >= 15 is 0 Å². The molecule has 1 fully saturated rings. The Balaban J connectivity index is 1.49. The third-order valence-electron chi connectivity index (χ3n) is 5.24. The molecule has 2 aromatic carbocycles. The van der Waals surface area contributed by atoms with Crippen molar-refractivity contribution in [2.75, 3.05) is 6.61 Å². The molecule has 0 saturated carbocycles. The zero-order valence-electron chi connectivity index (χ0n) is 15.8. The van der Waals surface area contributed by atoms with Gasteiger partial charge in [-0.3, -0.25) is 4.79 Å². The predicted octanol–water partition coefficient (Wildman–Crippen LogP) is 0.627. The Labute approximate surface area is 171 Å². The van der Waals surface area contributed by atoms with E-state index in [1.165, 1.54) is 30.3 Å². The number of fused-ring (bicyclic) bond motifs is 1.